The normalized spacial score (nSPS) is 18.6. The summed E-state index contributed by atoms with van der Waals surface area (Å²) in [4.78, 5) is 12.4. The largest absolute Gasteiger partial charge is 0.497 e. The lowest BCUT2D eigenvalue weighted by Crippen LogP contribution is -2.23. The van der Waals surface area contributed by atoms with Crippen molar-refractivity contribution in [1.82, 2.24) is 0 Å². The molecule has 0 radical (unpaired) electrons. The van der Waals surface area contributed by atoms with Crippen LogP contribution in [0.1, 0.15) is 16.8 Å². The summed E-state index contributed by atoms with van der Waals surface area (Å²) in [6.07, 6.45) is 0.0423. The second-order valence-electron chi connectivity index (χ2n) is 6.39. The Morgan fingerprint density at radius 1 is 1.18 bits per heavy atom. The van der Waals surface area contributed by atoms with Gasteiger partial charge in [0.05, 0.1) is 39.3 Å². The fourth-order valence-corrected chi connectivity index (χ4v) is 7.51. The van der Waals surface area contributed by atoms with Gasteiger partial charge < -0.3 is 10.1 Å². The van der Waals surface area contributed by atoms with Gasteiger partial charge in [-0.2, -0.15) is 0 Å². The Balaban J connectivity index is 1.87. The molecule has 1 saturated heterocycles. The van der Waals surface area contributed by atoms with Gasteiger partial charge in [-0.25, -0.2) is 16.8 Å². The third-order valence-electron chi connectivity index (χ3n) is 4.49. The van der Waals surface area contributed by atoms with E-state index < -0.39 is 36.6 Å². The van der Waals surface area contributed by atoms with Crippen LogP contribution in [0.5, 0.6) is 5.75 Å². The SMILES string of the molecule is COc1ccc(NC(=O)c2cc(S(=O)(=O)C3CCS(=O)(=O)C3)ccc2Cl)cc1. The summed E-state index contributed by atoms with van der Waals surface area (Å²) in [7, 11) is -5.74. The highest BCUT2D eigenvalue weighted by Crippen LogP contribution is 2.28. The van der Waals surface area contributed by atoms with Gasteiger partial charge in [-0.15, -0.1) is 0 Å². The molecule has 0 spiro atoms. The number of methoxy groups -OCH3 is 1. The number of sulfone groups is 2. The molecule has 0 bridgehead atoms. The lowest BCUT2D eigenvalue weighted by molar-refractivity contribution is 0.102. The molecule has 0 aromatic heterocycles. The van der Waals surface area contributed by atoms with Crippen molar-refractivity contribution in [2.45, 2.75) is 16.6 Å². The van der Waals surface area contributed by atoms with Crippen LogP contribution in [-0.2, 0) is 19.7 Å². The smallest absolute Gasteiger partial charge is 0.257 e. The average Bonchev–Trinajstić information content (AvgIpc) is 3.03. The second kappa shape index (κ2) is 7.73. The maximum atomic E-state index is 12.8. The molecule has 1 heterocycles. The third kappa shape index (κ3) is 4.31. The quantitative estimate of drug-likeness (QED) is 0.761. The van der Waals surface area contributed by atoms with Crippen molar-refractivity contribution in [3.8, 4) is 5.75 Å². The summed E-state index contributed by atoms with van der Waals surface area (Å²) < 4.78 is 53.9. The predicted octanol–water partition coefficient (Wildman–Crippen LogP) is 2.56. The van der Waals surface area contributed by atoms with Crippen LogP contribution in [0.2, 0.25) is 5.02 Å². The maximum Gasteiger partial charge on any atom is 0.257 e. The number of nitrogens with one attached hydrogen (secondary N) is 1. The first kappa shape index (κ1) is 20.6. The highest BCUT2D eigenvalue weighted by Gasteiger charge is 2.38. The number of rotatable bonds is 5. The van der Waals surface area contributed by atoms with Gasteiger partial charge in [-0.3, -0.25) is 4.79 Å². The molecule has 2 aromatic carbocycles. The van der Waals surface area contributed by atoms with Crippen molar-refractivity contribution < 1.29 is 26.4 Å². The first-order chi connectivity index (χ1) is 13.1. The topological polar surface area (TPSA) is 107 Å². The molecule has 150 valence electrons. The van der Waals surface area contributed by atoms with Crippen LogP contribution in [-0.4, -0.2) is 46.6 Å². The number of benzene rings is 2. The van der Waals surface area contributed by atoms with E-state index in [-0.39, 0.29) is 27.7 Å². The molecular formula is C18H18ClNO6S2. The fourth-order valence-electron chi connectivity index (χ4n) is 2.93. The molecule has 10 heteroatoms. The number of amides is 1. The molecule has 1 amide bonds. The molecule has 3 rings (SSSR count). The van der Waals surface area contributed by atoms with Gasteiger partial charge in [-0.1, -0.05) is 11.6 Å². The van der Waals surface area contributed by atoms with Crippen molar-refractivity contribution in [3.05, 3.63) is 53.1 Å². The van der Waals surface area contributed by atoms with Gasteiger partial charge in [0.25, 0.3) is 5.91 Å². The number of hydrogen-bond donors (Lipinski definition) is 1. The number of carbonyl (C=O) groups excluding carboxylic acids is 1. The Kier molecular flexibility index (Phi) is 5.69. The number of halogens is 1. The molecule has 1 aliphatic heterocycles. The van der Waals surface area contributed by atoms with E-state index in [9.17, 15) is 21.6 Å². The highest BCUT2D eigenvalue weighted by atomic mass is 35.5. The van der Waals surface area contributed by atoms with Crippen molar-refractivity contribution in [3.63, 3.8) is 0 Å². The maximum absolute atomic E-state index is 12.8. The number of anilines is 1. The lowest BCUT2D eigenvalue weighted by atomic mass is 10.2. The molecule has 0 aliphatic carbocycles. The average molecular weight is 444 g/mol. The summed E-state index contributed by atoms with van der Waals surface area (Å²) >= 11 is 6.09. The van der Waals surface area contributed by atoms with Crippen LogP contribution in [0.4, 0.5) is 5.69 Å². The van der Waals surface area contributed by atoms with E-state index in [1.54, 1.807) is 24.3 Å². The predicted molar refractivity (Wildman–Crippen MR) is 107 cm³/mol. The third-order valence-corrected chi connectivity index (χ3v) is 8.99. The van der Waals surface area contributed by atoms with Crippen LogP contribution in [0.3, 0.4) is 0 Å². The molecule has 1 aliphatic rings. The Morgan fingerprint density at radius 2 is 1.86 bits per heavy atom. The molecule has 1 unspecified atom stereocenters. The summed E-state index contributed by atoms with van der Waals surface area (Å²) in [5, 5.41) is 1.71. The van der Waals surface area contributed by atoms with E-state index in [2.05, 4.69) is 5.32 Å². The van der Waals surface area contributed by atoms with Crippen molar-refractivity contribution in [1.29, 1.82) is 0 Å². The van der Waals surface area contributed by atoms with Gasteiger partial charge in [0.15, 0.2) is 19.7 Å². The minimum atomic E-state index is -3.90. The van der Waals surface area contributed by atoms with Crippen molar-refractivity contribution in [2.75, 3.05) is 23.9 Å². The van der Waals surface area contributed by atoms with Crippen molar-refractivity contribution >= 4 is 42.9 Å². The summed E-state index contributed by atoms with van der Waals surface area (Å²) in [5.74, 6) is -0.525. The minimum Gasteiger partial charge on any atom is -0.497 e. The van der Waals surface area contributed by atoms with Gasteiger partial charge in [0, 0.05) is 5.69 Å². The second-order valence-corrected chi connectivity index (χ2v) is 11.3. The van der Waals surface area contributed by atoms with E-state index in [0.717, 1.165) is 0 Å². The zero-order chi connectivity index (χ0) is 20.5. The first-order valence-electron chi connectivity index (χ1n) is 8.32. The van der Waals surface area contributed by atoms with Crippen LogP contribution in [0.15, 0.2) is 47.4 Å². The molecule has 1 atom stereocenters. The Labute approximate surface area is 168 Å². The molecule has 1 fully saturated rings. The van der Waals surface area contributed by atoms with E-state index >= 15 is 0 Å². The molecule has 2 aromatic rings. The standard InChI is InChI=1S/C18H18ClNO6S2/c1-26-13-4-2-12(3-5-13)20-18(21)16-10-14(6-7-17(16)19)28(24,25)15-8-9-27(22,23)11-15/h2-7,10,15H,8-9,11H2,1H3,(H,20,21). The van der Waals surface area contributed by atoms with Gasteiger partial charge >= 0.3 is 0 Å². The summed E-state index contributed by atoms with van der Waals surface area (Å²) in [6, 6.07) is 10.4. The van der Waals surface area contributed by atoms with E-state index in [0.29, 0.717) is 11.4 Å². The molecule has 28 heavy (non-hydrogen) atoms. The highest BCUT2D eigenvalue weighted by molar-refractivity contribution is 7.96. The number of hydrogen-bond acceptors (Lipinski definition) is 6. The van der Waals surface area contributed by atoms with Crippen molar-refractivity contribution in [2.24, 2.45) is 0 Å². The van der Waals surface area contributed by atoms with Gasteiger partial charge in [-0.05, 0) is 48.9 Å². The van der Waals surface area contributed by atoms with Crippen LogP contribution >= 0.6 is 11.6 Å². The summed E-state index contributed by atoms with van der Waals surface area (Å²) in [5.41, 5.74) is 0.469. The lowest BCUT2D eigenvalue weighted by Gasteiger charge is -2.13. The zero-order valence-electron chi connectivity index (χ0n) is 14.9. The van der Waals surface area contributed by atoms with Gasteiger partial charge in [0.1, 0.15) is 5.75 Å². The number of ether oxygens (including phenoxy) is 1. The van der Waals surface area contributed by atoms with Crippen LogP contribution in [0, 0.1) is 0 Å². The van der Waals surface area contributed by atoms with Crippen LogP contribution in [0.25, 0.3) is 0 Å². The Morgan fingerprint density at radius 3 is 2.43 bits per heavy atom. The summed E-state index contributed by atoms with van der Waals surface area (Å²) in [6.45, 7) is 0. The fraction of sp³-hybridized carbons (Fsp3) is 0.278. The molecule has 1 N–H and O–H groups in total. The van der Waals surface area contributed by atoms with Gasteiger partial charge in [0.2, 0.25) is 0 Å². The molecule has 0 saturated carbocycles. The Hall–Kier alpha value is -2.10. The minimum absolute atomic E-state index is 0.0144. The molecule has 7 nitrogen and oxygen atoms in total. The molecular weight excluding hydrogens is 426 g/mol. The van der Waals surface area contributed by atoms with E-state index in [1.165, 1.54) is 25.3 Å². The number of carbonyl (C=O) groups is 1. The zero-order valence-corrected chi connectivity index (χ0v) is 17.3. The van der Waals surface area contributed by atoms with E-state index in [1.807, 2.05) is 0 Å². The monoisotopic (exact) mass is 443 g/mol. The van der Waals surface area contributed by atoms with Crippen LogP contribution < -0.4 is 10.1 Å². The first-order valence-corrected chi connectivity index (χ1v) is 12.1. The Bertz CT molecular complexity index is 1110. The van der Waals surface area contributed by atoms with E-state index in [4.69, 9.17) is 16.3 Å².